The van der Waals surface area contributed by atoms with Gasteiger partial charge in [0.1, 0.15) is 0 Å². The molecule has 0 saturated carbocycles. The molecule has 621 valence electrons. The van der Waals surface area contributed by atoms with Crippen LogP contribution in [-0.4, -0.2) is 61.3 Å². The van der Waals surface area contributed by atoms with Gasteiger partial charge in [-0.3, -0.25) is 0 Å². The van der Waals surface area contributed by atoms with Crippen LogP contribution in [0, 0.1) is 46.5 Å². The Labute approximate surface area is 719 Å². The zero-order chi connectivity index (χ0) is 83.1. The standard InChI is InChI=1S/C32H8F8N8.2C16H36N.4C6H4Cl2.Cu/c33-17-1-9-10(2-18(17)34)26-41-25(9)45-27-11-3-19(35)20(36)4-12(11)29(42-27)47-31-15-7-23(39)24(40)8-16(15)32(44-31)48-30-14-6-22(38)21(37)5-13(14)28(43-30)46-26;2*1-5-9-13-17(14-10-6-2,15-11-7-3)16-12-8-4;4*7-5-3-1-2-4-6(5)8;/h1-8H;2*5-16H2,1-4H3;4*1-4H;/q-4;2*+1;;;;;+2. The number of rotatable bonds is 24. The molecule has 1 aliphatic rings. The third-order valence-corrected chi connectivity index (χ3v) is 22.1. The van der Waals surface area contributed by atoms with Crippen LogP contribution in [0.1, 0.15) is 158 Å². The zero-order valence-corrected chi connectivity index (χ0v) is 72.6. The van der Waals surface area contributed by atoms with Gasteiger partial charge in [-0.2, -0.15) is 0 Å². The summed E-state index contributed by atoms with van der Waals surface area (Å²) in [4.78, 5) is 34.6. The number of nitrogens with zero attached hydrogens (tertiary/aromatic N) is 10. The summed E-state index contributed by atoms with van der Waals surface area (Å²) in [6, 6.07) is 35.1. The van der Waals surface area contributed by atoms with Crippen LogP contribution in [0.5, 0.6) is 0 Å². The predicted molar refractivity (Wildman–Crippen MR) is 457 cm³/mol. The molecule has 0 aliphatic carbocycles. The second-order valence-corrected chi connectivity index (χ2v) is 30.9. The maximum Gasteiger partial charge on any atom is 2.00 e. The molecule has 27 heteroatoms. The van der Waals surface area contributed by atoms with Crippen molar-refractivity contribution in [3.05, 3.63) is 254 Å². The predicted octanol–water partition coefficient (Wildman–Crippen LogP) is 27.3. The van der Waals surface area contributed by atoms with Crippen molar-refractivity contribution in [3.63, 3.8) is 0 Å². The molecule has 12 aromatic rings. The van der Waals surface area contributed by atoms with Crippen LogP contribution in [0.15, 0.2) is 166 Å². The van der Waals surface area contributed by atoms with E-state index in [9.17, 15) is 35.1 Å². The third kappa shape index (κ3) is 28.2. The Morgan fingerprint density at radius 2 is 0.374 bits per heavy atom. The molecule has 1 aliphatic heterocycles. The van der Waals surface area contributed by atoms with Gasteiger partial charge in [-0.25, -0.2) is 35.1 Å². The van der Waals surface area contributed by atoms with Crippen molar-refractivity contribution in [2.24, 2.45) is 20.0 Å². The number of aromatic nitrogens is 4. The number of benzene rings is 8. The normalized spacial score (nSPS) is 12.7. The first-order valence-electron chi connectivity index (χ1n) is 38.7. The van der Waals surface area contributed by atoms with Crippen molar-refractivity contribution in [2.75, 3.05) is 52.4 Å². The molecule has 0 N–H and O–H groups in total. The van der Waals surface area contributed by atoms with Gasteiger partial charge in [0.15, 0.2) is 46.5 Å². The summed E-state index contributed by atoms with van der Waals surface area (Å²) in [6.07, 6.45) is 22.1. The van der Waals surface area contributed by atoms with Gasteiger partial charge in [-0.1, -0.05) is 248 Å². The first-order chi connectivity index (χ1) is 54.7. The van der Waals surface area contributed by atoms with E-state index in [1.165, 1.54) is 164 Å². The fraction of sp³-hybridized carbons (Fsp3) is 0.364. The molecule has 115 heavy (non-hydrogen) atoms. The number of halogens is 16. The van der Waals surface area contributed by atoms with Crippen LogP contribution in [-0.2, 0) is 17.1 Å². The molecule has 5 heterocycles. The van der Waals surface area contributed by atoms with E-state index in [0.29, 0.717) is 40.2 Å². The number of hydrogen-bond donors (Lipinski definition) is 0. The second kappa shape index (κ2) is 49.0. The van der Waals surface area contributed by atoms with Crippen LogP contribution in [0.25, 0.3) is 43.1 Å². The number of unbranched alkanes of at least 4 members (excludes halogenated alkanes) is 8. The SMILES string of the molecule is CCCC[N+](CCCC)(CCCC)CCCC.CCCC[N+](CCCC)(CCCC)CCCC.Clc1ccccc1Cl.Clc1ccccc1Cl.Clc1ccccc1Cl.Clc1ccccc1Cl.Fc1cc2c3[n-]c(c2cc1F)/N=c1\[n-]/c(c2cc(F)c(F)cc12)=N\c1[n-]c(c2cc(F)c(F)cc12)/N=c1\[n-]/c(c2cc(F)c(F)cc12)=N\3.[Cu+2]. The Hall–Kier alpha value is -6.68. The third-order valence-electron chi connectivity index (χ3n) is 19.0. The summed E-state index contributed by atoms with van der Waals surface area (Å²) in [5.41, 5.74) is -1.11. The molecule has 13 rings (SSSR count). The second-order valence-electron chi connectivity index (χ2n) is 27.7. The Morgan fingerprint density at radius 3 is 0.504 bits per heavy atom. The number of quaternary nitrogens is 2. The molecule has 0 unspecified atom stereocenters. The van der Waals surface area contributed by atoms with Crippen LogP contribution >= 0.6 is 92.8 Å². The van der Waals surface area contributed by atoms with Crippen molar-refractivity contribution < 1.29 is 61.2 Å². The average Bonchev–Trinajstić information content (AvgIpc) is 1.59. The van der Waals surface area contributed by atoms with Crippen LogP contribution in [0.3, 0.4) is 0 Å². The van der Waals surface area contributed by atoms with Gasteiger partial charge in [0.25, 0.3) is 0 Å². The Balaban J connectivity index is 0.000000251. The minimum Gasteiger partial charge on any atom is -0.357 e. The molecule has 0 saturated heterocycles. The van der Waals surface area contributed by atoms with E-state index >= 15 is 0 Å². The van der Waals surface area contributed by atoms with Gasteiger partial charge in [-0.15, -0.1) is 0 Å². The van der Waals surface area contributed by atoms with Gasteiger partial charge < -0.3 is 48.9 Å². The maximum absolute atomic E-state index is 14.5. The van der Waals surface area contributed by atoms with Crippen molar-refractivity contribution in [1.82, 2.24) is 19.9 Å². The molecule has 10 nitrogen and oxygen atoms in total. The van der Waals surface area contributed by atoms with Gasteiger partial charge in [-0.05, 0) is 192 Å². The van der Waals surface area contributed by atoms with E-state index in [0.717, 1.165) is 48.5 Å². The molecule has 0 fully saturated rings. The molecule has 8 bridgehead atoms. The minimum atomic E-state index is -1.27. The van der Waals surface area contributed by atoms with Crippen molar-refractivity contribution in [2.45, 2.75) is 158 Å². The molecule has 0 atom stereocenters. The molecule has 8 aromatic carbocycles. The van der Waals surface area contributed by atoms with Gasteiger partial charge in [0, 0.05) is 45.2 Å². The Morgan fingerprint density at radius 1 is 0.235 bits per heavy atom. The van der Waals surface area contributed by atoms with E-state index in [-0.39, 0.29) is 105 Å². The Kier molecular flexibility index (Phi) is 41.4. The van der Waals surface area contributed by atoms with E-state index in [1.54, 1.807) is 48.5 Å². The number of fused-ring (bicyclic) bond motifs is 20. The van der Waals surface area contributed by atoms with E-state index in [4.69, 9.17) is 92.8 Å². The molecular weight excluding hydrogens is 1700 g/mol. The summed E-state index contributed by atoms with van der Waals surface area (Å²) in [5, 5.41) is 4.27. The van der Waals surface area contributed by atoms with Crippen LogP contribution in [0.2, 0.25) is 40.2 Å². The maximum atomic E-state index is 14.5. The van der Waals surface area contributed by atoms with Gasteiger partial charge in [0.05, 0.1) is 92.5 Å². The summed E-state index contributed by atoms with van der Waals surface area (Å²) in [6.45, 7) is 30.0. The van der Waals surface area contributed by atoms with Crippen LogP contribution < -0.4 is 41.9 Å². The summed E-state index contributed by atoms with van der Waals surface area (Å²) in [5.74, 6) is -11.2. The topological polar surface area (TPSA) is 106 Å². The average molecular weight is 1790 g/mol. The number of hydrogen-bond acceptors (Lipinski definition) is 4. The quantitative estimate of drug-likeness (QED) is 0.0341. The summed E-state index contributed by atoms with van der Waals surface area (Å²) in [7, 11) is 0. The smallest absolute Gasteiger partial charge is 0.357 e. The van der Waals surface area contributed by atoms with Crippen LogP contribution in [0.4, 0.5) is 58.4 Å². The van der Waals surface area contributed by atoms with Crippen molar-refractivity contribution >= 4 is 159 Å². The molecule has 0 amide bonds. The first-order valence-corrected chi connectivity index (χ1v) is 41.7. The molecule has 4 aromatic heterocycles. The van der Waals surface area contributed by atoms with Crippen molar-refractivity contribution in [3.8, 4) is 0 Å². The fourth-order valence-electron chi connectivity index (χ4n) is 12.7. The van der Waals surface area contributed by atoms with Gasteiger partial charge in [0.2, 0.25) is 0 Å². The van der Waals surface area contributed by atoms with E-state index in [2.05, 4.69) is 95.3 Å². The molecular formula is C88H96Cl8CuF8N10. The minimum absolute atomic E-state index is 0. The van der Waals surface area contributed by atoms with Gasteiger partial charge >= 0.3 is 17.1 Å². The molecule has 0 spiro atoms. The molecule has 1 radical (unpaired) electrons. The zero-order valence-electron chi connectivity index (χ0n) is 65.6. The first kappa shape index (κ1) is 97.2. The van der Waals surface area contributed by atoms with Crippen molar-refractivity contribution in [1.29, 1.82) is 0 Å². The van der Waals surface area contributed by atoms with E-state index in [1.807, 2.05) is 48.5 Å². The largest absolute Gasteiger partial charge is 2.00 e. The van der Waals surface area contributed by atoms with E-state index < -0.39 is 46.5 Å². The summed E-state index contributed by atoms with van der Waals surface area (Å²) >= 11 is 44.6. The Bertz CT molecular complexity index is 4580. The monoisotopic (exact) mass is 1790 g/mol. The fourth-order valence-corrected chi connectivity index (χ4v) is 13.8. The summed E-state index contributed by atoms with van der Waals surface area (Å²) < 4.78 is 119.